The fraction of sp³-hybridized carbons (Fsp3) is 0.381. The van der Waals surface area contributed by atoms with Gasteiger partial charge in [0.2, 0.25) is 5.91 Å². The molecule has 0 spiro atoms. The SMILES string of the molecule is CCNC(=O)C(C)c1ccc(O[C@@H]2CCN(c3ccc(F)c(Cl)c3)C2)cc1. The van der Waals surface area contributed by atoms with E-state index in [4.69, 9.17) is 16.3 Å². The van der Waals surface area contributed by atoms with Crippen LogP contribution in [0.4, 0.5) is 10.1 Å². The fourth-order valence-electron chi connectivity index (χ4n) is 3.25. The average Bonchev–Trinajstić information content (AvgIpc) is 3.12. The van der Waals surface area contributed by atoms with Gasteiger partial charge in [0, 0.05) is 25.2 Å². The first-order chi connectivity index (χ1) is 13.0. The topological polar surface area (TPSA) is 41.6 Å². The maximum absolute atomic E-state index is 13.3. The summed E-state index contributed by atoms with van der Waals surface area (Å²) in [7, 11) is 0. The van der Waals surface area contributed by atoms with Gasteiger partial charge in [0.15, 0.2) is 0 Å². The molecule has 3 rings (SSSR count). The molecule has 1 unspecified atom stereocenters. The highest BCUT2D eigenvalue weighted by molar-refractivity contribution is 6.31. The highest BCUT2D eigenvalue weighted by Crippen LogP contribution is 2.28. The van der Waals surface area contributed by atoms with Gasteiger partial charge in [0.25, 0.3) is 0 Å². The minimum atomic E-state index is -0.408. The number of halogens is 2. The predicted octanol–water partition coefficient (Wildman–Crippen LogP) is 4.38. The number of hydrogen-bond acceptors (Lipinski definition) is 3. The molecule has 0 radical (unpaired) electrons. The Kier molecular flexibility index (Phi) is 6.22. The van der Waals surface area contributed by atoms with E-state index in [1.807, 2.05) is 38.1 Å². The number of rotatable bonds is 6. The van der Waals surface area contributed by atoms with Gasteiger partial charge in [-0.05, 0) is 49.7 Å². The Labute approximate surface area is 164 Å². The maximum atomic E-state index is 13.3. The van der Waals surface area contributed by atoms with Gasteiger partial charge < -0.3 is 15.0 Å². The zero-order valence-corrected chi connectivity index (χ0v) is 16.3. The zero-order valence-electron chi connectivity index (χ0n) is 15.5. The van der Waals surface area contributed by atoms with Crippen molar-refractivity contribution in [2.75, 3.05) is 24.5 Å². The van der Waals surface area contributed by atoms with Crippen molar-refractivity contribution >= 4 is 23.2 Å². The summed E-state index contributed by atoms with van der Waals surface area (Å²) in [6, 6.07) is 12.5. The van der Waals surface area contributed by atoms with Crippen LogP contribution in [0.2, 0.25) is 5.02 Å². The second kappa shape index (κ2) is 8.61. The van der Waals surface area contributed by atoms with Crippen LogP contribution >= 0.6 is 11.6 Å². The molecule has 0 aromatic heterocycles. The van der Waals surface area contributed by atoms with E-state index in [1.54, 1.807) is 12.1 Å². The molecule has 0 saturated carbocycles. The minimum absolute atomic E-state index is 0.0237. The number of amides is 1. The minimum Gasteiger partial charge on any atom is -0.489 e. The third kappa shape index (κ3) is 4.72. The number of carbonyl (C=O) groups is 1. The predicted molar refractivity (Wildman–Crippen MR) is 106 cm³/mol. The number of nitrogens with zero attached hydrogens (tertiary/aromatic N) is 1. The van der Waals surface area contributed by atoms with Crippen LogP contribution in [0.1, 0.15) is 31.7 Å². The highest BCUT2D eigenvalue weighted by Gasteiger charge is 2.25. The van der Waals surface area contributed by atoms with Gasteiger partial charge in [-0.25, -0.2) is 4.39 Å². The Morgan fingerprint density at radius 2 is 2.07 bits per heavy atom. The van der Waals surface area contributed by atoms with E-state index in [9.17, 15) is 9.18 Å². The quantitative estimate of drug-likeness (QED) is 0.796. The van der Waals surface area contributed by atoms with Crippen LogP contribution in [0.15, 0.2) is 42.5 Å². The van der Waals surface area contributed by atoms with E-state index >= 15 is 0 Å². The molecule has 1 heterocycles. The third-order valence-electron chi connectivity index (χ3n) is 4.84. The largest absolute Gasteiger partial charge is 0.489 e. The van der Waals surface area contributed by atoms with Crippen LogP contribution in [0, 0.1) is 5.82 Å². The monoisotopic (exact) mass is 390 g/mol. The van der Waals surface area contributed by atoms with Crippen LogP contribution < -0.4 is 15.0 Å². The van der Waals surface area contributed by atoms with Crippen LogP contribution in [-0.4, -0.2) is 31.6 Å². The molecule has 1 aliphatic heterocycles. The number of hydrogen-bond donors (Lipinski definition) is 1. The Bertz CT molecular complexity index is 797. The van der Waals surface area contributed by atoms with E-state index < -0.39 is 5.82 Å². The van der Waals surface area contributed by atoms with Crippen molar-refractivity contribution in [3.8, 4) is 5.75 Å². The van der Waals surface area contributed by atoms with Crippen molar-refractivity contribution in [1.29, 1.82) is 0 Å². The summed E-state index contributed by atoms with van der Waals surface area (Å²) in [5.74, 6) is 0.208. The Morgan fingerprint density at radius 1 is 1.33 bits per heavy atom. The Morgan fingerprint density at radius 3 is 2.74 bits per heavy atom. The lowest BCUT2D eigenvalue weighted by molar-refractivity contribution is -0.122. The normalized spacial score (nSPS) is 17.6. The molecular formula is C21H24ClFN2O2. The van der Waals surface area contributed by atoms with E-state index in [1.165, 1.54) is 6.07 Å². The van der Waals surface area contributed by atoms with Gasteiger partial charge in [0.1, 0.15) is 17.7 Å². The van der Waals surface area contributed by atoms with Crippen molar-refractivity contribution in [2.24, 2.45) is 0 Å². The van der Waals surface area contributed by atoms with Crippen molar-refractivity contribution in [1.82, 2.24) is 5.32 Å². The molecule has 1 aliphatic rings. The molecule has 1 fully saturated rings. The number of benzene rings is 2. The zero-order chi connectivity index (χ0) is 19.4. The Hall–Kier alpha value is -2.27. The van der Waals surface area contributed by atoms with Crippen LogP contribution in [-0.2, 0) is 4.79 Å². The molecule has 2 aromatic rings. The number of ether oxygens (including phenoxy) is 1. The third-order valence-corrected chi connectivity index (χ3v) is 5.13. The number of nitrogens with one attached hydrogen (secondary N) is 1. The van der Waals surface area contributed by atoms with Crippen molar-refractivity contribution in [3.63, 3.8) is 0 Å². The fourth-order valence-corrected chi connectivity index (χ4v) is 3.42. The van der Waals surface area contributed by atoms with Crippen LogP contribution in [0.25, 0.3) is 0 Å². The summed E-state index contributed by atoms with van der Waals surface area (Å²) in [5.41, 5.74) is 1.86. The molecule has 0 bridgehead atoms. The average molecular weight is 391 g/mol. The van der Waals surface area contributed by atoms with E-state index in [0.717, 1.165) is 36.5 Å². The lowest BCUT2D eigenvalue weighted by atomic mass is 10.0. The lowest BCUT2D eigenvalue weighted by Gasteiger charge is -2.19. The smallest absolute Gasteiger partial charge is 0.227 e. The highest BCUT2D eigenvalue weighted by atomic mass is 35.5. The van der Waals surface area contributed by atoms with Gasteiger partial charge in [-0.3, -0.25) is 4.79 Å². The summed E-state index contributed by atoms with van der Waals surface area (Å²) in [5, 5.41) is 2.97. The molecule has 4 nitrogen and oxygen atoms in total. The van der Waals surface area contributed by atoms with Gasteiger partial charge in [-0.15, -0.1) is 0 Å². The molecule has 1 saturated heterocycles. The molecular weight excluding hydrogens is 367 g/mol. The first kappa shape index (κ1) is 19.5. The second-order valence-electron chi connectivity index (χ2n) is 6.76. The summed E-state index contributed by atoms with van der Waals surface area (Å²) >= 11 is 5.88. The molecule has 1 amide bonds. The van der Waals surface area contributed by atoms with Crippen molar-refractivity contribution in [3.05, 3.63) is 58.9 Å². The maximum Gasteiger partial charge on any atom is 0.227 e. The molecule has 2 aromatic carbocycles. The number of likely N-dealkylation sites (N-methyl/N-ethyl adjacent to an activating group) is 1. The summed E-state index contributed by atoms with van der Waals surface area (Å²) < 4.78 is 19.4. The lowest BCUT2D eigenvalue weighted by Crippen LogP contribution is -2.27. The summed E-state index contributed by atoms with van der Waals surface area (Å²) in [6.07, 6.45) is 0.937. The molecule has 144 valence electrons. The van der Waals surface area contributed by atoms with Crippen LogP contribution in [0.5, 0.6) is 5.75 Å². The van der Waals surface area contributed by atoms with Gasteiger partial charge >= 0.3 is 0 Å². The second-order valence-corrected chi connectivity index (χ2v) is 7.17. The number of carbonyl (C=O) groups excluding carboxylic acids is 1. The molecule has 1 N–H and O–H groups in total. The molecule has 27 heavy (non-hydrogen) atoms. The molecule has 6 heteroatoms. The van der Waals surface area contributed by atoms with Gasteiger partial charge in [0.05, 0.1) is 17.5 Å². The molecule has 0 aliphatic carbocycles. The summed E-state index contributed by atoms with van der Waals surface area (Å²) in [4.78, 5) is 14.1. The molecule has 2 atom stereocenters. The van der Waals surface area contributed by atoms with Crippen molar-refractivity contribution in [2.45, 2.75) is 32.3 Å². The van der Waals surface area contributed by atoms with E-state index in [2.05, 4.69) is 10.2 Å². The van der Waals surface area contributed by atoms with Gasteiger partial charge in [-0.2, -0.15) is 0 Å². The van der Waals surface area contributed by atoms with Crippen LogP contribution in [0.3, 0.4) is 0 Å². The first-order valence-corrected chi connectivity index (χ1v) is 9.60. The summed E-state index contributed by atoms with van der Waals surface area (Å²) in [6.45, 7) is 5.98. The van der Waals surface area contributed by atoms with Gasteiger partial charge in [-0.1, -0.05) is 23.7 Å². The standard InChI is InChI=1S/C21H24ClFN2O2/c1-3-24-21(26)14(2)15-4-7-17(8-5-15)27-18-10-11-25(13-18)16-6-9-20(23)19(22)12-16/h4-9,12,14,18H,3,10-11,13H2,1-2H3,(H,24,26)/t14?,18-/m1/s1. The first-order valence-electron chi connectivity index (χ1n) is 9.22. The van der Waals surface area contributed by atoms with Crippen molar-refractivity contribution < 1.29 is 13.9 Å². The van der Waals surface area contributed by atoms with E-state index in [-0.39, 0.29) is 23.0 Å². The Balaban J connectivity index is 1.58. The van der Waals surface area contributed by atoms with E-state index in [0.29, 0.717) is 6.54 Å². The number of anilines is 1.